The summed E-state index contributed by atoms with van der Waals surface area (Å²) >= 11 is 31.1. The number of amides is 2. The van der Waals surface area contributed by atoms with Crippen molar-refractivity contribution in [2.75, 3.05) is 96.4 Å². The third kappa shape index (κ3) is 27.2. The molecule has 0 unspecified atom stereocenters. The zero-order chi connectivity index (χ0) is 74.1. The molecule has 9 aromatic heterocycles. The van der Waals surface area contributed by atoms with Gasteiger partial charge < -0.3 is 61.9 Å². The summed E-state index contributed by atoms with van der Waals surface area (Å²) in [5.41, 5.74) is 17.3. The molecule has 100 heavy (non-hydrogen) atoms. The number of urea groups is 1. The second-order valence-corrected chi connectivity index (χ2v) is 26.5. The van der Waals surface area contributed by atoms with Gasteiger partial charge in [-0.25, -0.2) is 19.4 Å². The lowest BCUT2D eigenvalue weighted by atomic mass is 10.2. The number of carbonyl (C=O) groups excluding carboxylic acids is 1. The quantitative estimate of drug-likeness (QED) is 0.0359. The average Bonchev–Trinajstić information content (AvgIpc) is 0.792. The standard InChI is InChI=1S/C16H18N6O.C14H12ClN5O.C8H11NO.C6H2Cl2N4.C6H4N4O2.C5H5N3O2.C2H7N.CH4N2O.Cl3OP/c1-21(2)16-18-14-13(9-10-17-20-14)15(19-16)22(3)11-5-7-12(23-4)8-6-11;1-20(9-3-5-10(21-2)6-4-9)13-11-7-8-16-19-12(11)17-14(15)18-13;1-9-7-3-5-8(10-2)6-4-7;7-4-3-1-2-9-12-5(3)11-6(8)10-4;11-5-3-1-2-7-10-4(3)8-6(12)9-5;6-4-3(5(9)10)1-2-7-8-4;1-3-2;2-1(3)4;1-5(2,3)4/h5-10H,1-4H3;3-8H,1-2H3;3-6,9H,1-2H3;1-2H;1-2H,(H2,8,9,10,11,12);1-2H,(H2,6,8)(H,9,10);3H,1-2H3;(H4,2,3,4);. The number of primary amides is 2. The molecule has 0 aliphatic heterocycles. The number of carbonyl (C=O) groups is 2. The second-order valence-electron chi connectivity index (χ2n) is 18.8. The molecule has 42 heteroatoms. The number of nitrogens with two attached hydrogens (primary N) is 3. The predicted octanol–water partition coefficient (Wildman–Crippen LogP) is 9.01. The molecule has 0 fully saturated rings. The molecule has 0 radical (unpaired) electrons. The van der Waals surface area contributed by atoms with Crippen molar-refractivity contribution in [3.05, 3.63) is 176 Å². The van der Waals surface area contributed by atoms with Crippen molar-refractivity contribution in [2.24, 2.45) is 11.5 Å². The van der Waals surface area contributed by atoms with E-state index in [0.717, 1.165) is 50.9 Å². The number of hydrogen-bond acceptors (Lipinski definition) is 30. The lowest BCUT2D eigenvalue weighted by Crippen LogP contribution is -2.22. The van der Waals surface area contributed by atoms with Gasteiger partial charge in [-0.1, -0.05) is 11.6 Å². The molecule has 35 nitrogen and oxygen atoms in total. The summed E-state index contributed by atoms with van der Waals surface area (Å²) in [5.74, 6) is 3.39. The number of fused-ring (bicyclic) bond motifs is 4. The molecule has 12 aromatic rings. The number of carboxylic acids is 1. The topological polar surface area (TPSA) is 483 Å². The first kappa shape index (κ1) is 81.5. The van der Waals surface area contributed by atoms with Crippen LogP contribution in [0.3, 0.4) is 0 Å². The summed E-state index contributed by atoms with van der Waals surface area (Å²) in [5, 5.41) is 51.1. The normalized spacial score (nSPS) is 10.0. The van der Waals surface area contributed by atoms with E-state index in [1.165, 1.54) is 30.7 Å². The minimum Gasteiger partial charge on any atom is -0.497 e. The number of rotatable bonds is 10. The van der Waals surface area contributed by atoms with Gasteiger partial charge in [0.05, 0.1) is 73.9 Å². The Balaban J connectivity index is 0.000000253. The van der Waals surface area contributed by atoms with Crippen LogP contribution in [-0.4, -0.2) is 179 Å². The van der Waals surface area contributed by atoms with Crippen molar-refractivity contribution in [1.82, 2.24) is 96.2 Å². The van der Waals surface area contributed by atoms with Crippen LogP contribution in [0.1, 0.15) is 10.4 Å². The van der Waals surface area contributed by atoms with E-state index >= 15 is 0 Å². The van der Waals surface area contributed by atoms with Crippen LogP contribution in [-0.2, 0) is 4.57 Å². The molecule has 526 valence electrons. The molecular formula is C58H63Cl6N26O9P. The maximum atomic E-state index is 11.1. The molecule has 0 aliphatic rings. The van der Waals surface area contributed by atoms with Gasteiger partial charge in [0.25, 0.3) is 5.56 Å². The number of anilines is 7. The van der Waals surface area contributed by atoms with E-state index in [4.69, 9.17) is 64.6 Å². The number of aromatic amines is 2. The maximum Gasteiger partial charge on any atom is 0.339 e. The van der Waals surface area contributed by atoms with Crippen molar-refractivity contribution >= 4 is 170 Å². The first-order chi connectivity index (χ1) is 47.5. The number of nitrogen functional groups attached to an aromatic ring is 1. The largest absolute Gasteiger partial charge is 0.497 e. The first-order valence-electron chi connectivity index (χ1n) is 27.8. The number of nitrogens with one attached hydrogen (secondary N) is 4. The number of aromatic carboxylic acids is 1. The molecule has 9 heterocycles. The summed E-state index contributed by atoms with van der Waals surface area (Å²) < 4.78 is 24.9. The van der Waals surface area contributed by atoms with Crippen molar-refractivity contribution in [3.8, 4) is 17.2 Å². The number of methoxy groups -OCH3 is 3. The van der Waals surface area contributed by atoms with E-state index in [0.29, 0.717) is 44.6 Å². The highest BCUT2D eigenvalue weighted by atomic mass is 36.0. The van der Waals surface area contributed by atoms with Crippen LogP contribution < -0.4 is 68.0 Å². The highest BCUT2D eigenvalue weighted by Crippen LogP contribution is 2.61. The lowest BCUT2D eigenvalue weighted by Gasteiger charge is -2.21. The zero-order valence-corrected chi connectivity index (χ0v) is 59.8. The Labute approximate surface area is 597 Å². The van der Waals surface area contributed by atoms with Gasteiger partial charge >= 0.3 is 22.9 Å². The van der Waals surface area contributed by atoms with Crippen LogP contribution in [0, 0.1) is 0 Å². The highest BCUT2D eigenvalue weighted by Gasteiger charge is 2.17. The van der Waals surface area contributed by atoms with E-state index in [2.05, 4.69) is 147 Å². The van der Waals surface area contributed by atoms with E-state index in [1.807, 2.05) is 149 Å². The van der Waals surface area contributed by atoms with Crippen molar-refractivity contribution < 1.29 is 33.5 Å². The molecule has 0 atom stereocenters. The number of halogens is 6. The van der Waals surface area contributed by atoms with Gasteiger partial charge in [0, 0.05) is 52.3 Å². The van der Waals surface area contributed by atoms with Crippen LogP contribution in [0.4, 0.5) is 45.3 Å². The van der Waals surface area contributed by atoms with Gasteiger partial charge in [-0.2, -0.15) is 50.4 Å². The van der Waals surface area contributed by atoms with Gasteiger partial charge in [-0.05, 0) is 174 Å². The van der Waals surface area contributed by atoms with Crippen molar-refractivity contribution in [2.45, 2.75) is 0 Å². The van der Waals surface area contributed by atoms with E-state index in [9.17, 15) is 18.9 Å². The van der Waals surface area contributed by atoms with Crippen LogP contribution >= 0.6 is 73.7 Å². The molecule has 0 bridgehead atoms. The van der Waals surface area contributed by atoms with Crippen molar-refractivity contribution in [3.63, 3.8) is 0 Å². The number of H-pyrrole nitrogens is 2. The summed E-state index contributed by atoms with van der Waals surface area (Å²) in [6.45, 7) is 0. The summed E-state index contributed by atoms with van der Waals surface area (Å²) in [6, 6.07) is 30.6. The van der Waals surface area contributed by atoms with E-state index < -0.39 is 28.4 Å². The smallest absolute Gasteiger partial charge is 0.339 e. The molecule has 12 rings (SSSR count). The van der Waals surface area contributed by atoms with Gasteiger partial charge in [0.15, 0.2) is 28.4 Å². The molecule has 3 aromatic carbocycles. The van der Waals surface area contributed by atoms with Gasteiger partial charge in [0.2, 0.25) is 16.5 Å². The highest BCUT2D eigenvalue weighted by molar-refractivity contribution is 8.24. The molecule has 0 saturated carbocycles. The third-order valence-corrected chi connectivity index (χ3v) is 12.4. The first-order valence-corrected chi connectivity index (χ1v) is 33.4. The number of ether oxygens (including phenoxy) is 3. The Morgan fingerprint density at radius 2 is 0.910 bits per heavy atom. The number of benzene rings is 3. The van der Waals surface area contributed by atoms with Crippen molar-refractivity contribution in [1.29, 1.82) is 0 Å². The fourth-order valence-electron chi connectivity index (χ4n) is 7.28. The molecule has 2 amide bonds. The maximum absolute atomic E-state index is 11.1. The fourth-order valence-corrected chi connectivity index (χ4v) is 7.88. The Morgan fingerprint density at radius 3 is 1.33 bits per heavy atom. The summed E-state index contributed by atoms with van der Waals surface area (Å²) in [7, 11) is 18.2. The van der Waals surface area contributed by atoms with E-state index in [1.54, 1.807) is 39.8 Å². The number of hydrogen-bond donors (Lipinski definition) is 8. The van der Waals surface area contributed by atoms with Crippen LogP contribution in [0.2, 0.25) is 15.7 Å². The Bertz CT molecular complexity index is 4720. The van der Waals surface area contributed by atoms with Crippen LogP contribution in [0.15, 0.2) is 144 Å². The SMILES string of the molecule is CNC.CNc1ccc(OC)cc1.COc1ccc(N(C)c2nc(Cl)nc3nnccc23)cc1.COc1ccc(N(C)c2nc(N(C)C)nc3nnccc23)cc1.Clc1nc(Cl)c2ccnnc2n1.NC(N)=O.Nc1nnccc1C(=O)O.O=P(Cl)(Cl)Cl.O=c1[nH]c(=O)c2ccnnc2[nH]1. The van der Waals surface area contributed by atoms with Gasteiger partial charge in [-0.3, -0.25) is 19.3 Å². The molecule has 0 saturated heterocycles. The Hall–Kier alpha value is -10.9. The lowest BCUT2D eigenvalue weighted by molar-refractivity contribution is 0.0697. The second kappa shape index (κ2) is 41.4. The molecular weight excluding hydrogens is 1450 g/mol. The Kier molecular flexibility index (Phi) is 33.7. The monoisotopic (exact) mass is 1510 g/mol. The predicted molar refractivity (Wildman–Crippen MR) is 387 cm³/mol. The minimum absolute atomic E-state index is 0.0185. The van der Waals surface area contributed by atoms with Gasteiger partial charge in [0.1, 0.15) is 39.6 Å². The van der Waals surface area contributed by atoms with E-state index in [-0.39, 0.29) is 27.6 Å². The summed E-state index contributed by atoms with van der Waals surface area (Å²) in [6.07, 6.45) is 7.43. The summed E-state index contributed by atoms with van der Waals surface area (Å²) in [4.78, 5) is 76.3. The fraction of sp³-hybridized carbons (Fsp3) is 0.172. The van der Waals surface area contributed by atoms with Crippen LogP contribution in [0.5, 0.6) is 17.2 Å². The number of aromatic nitrogens is 18. The zero-order valence-electron chi connectivity index (χ0n) is 54.4. The molecule has 0 aliphatic carbocycles. The number of nitrogens with zero attached hydrogens (tertiary/aromatic N) is 19. The van der Waals surface area contributed by atoms with Crippen LogP contribution in [0.25, 0.3) is 44.1 Å². The average molecular weight is 1510 g/mol. The molecule has 11 N–H and O–H groups in total. The molecule has 0 spiro atoms. The third-order valence-electron chi connectivity index (χ3n) is 11.7. The Morgan fingerprint density at radius 1 is 0.530 bits per heavy atom. The van der Waals surface area contributed by atoms with Gasteiger partial charge in [-0.15, -0.1) is 25.5 Å². The minimum atomic E-state index is -3.22. The number of carboxylic acid groups (broad SMARTS) is 1.